The van der Waals surface area contributed by atoms with Gasteiger partial charge < -0.3 is 0 Å². The van der Waals surface area contributed by atoms with Crippen LogP contribution < -0.4 is 0 Å². The third-order valence-corrected chi connectivity index (χ3v) is 2.58. The van der Waals surface area contributed by atoms with Crippen molar-refractivity contribution in [2.45, 2.75) is 33.6 Å². The van der Waals surface area contributed by atoms with Gasteiger partial charge in [-0.25, -0.2) is 0 Å². The average Bonchev–Trinajstić information content (AvgIpc) is 1.96. The summed E-state index contributed by atoms with van der Waals surface area (Å²) >= 11 is 5.99. The molecule has 1 aromatic carbocycles. The smallest absolute Gasteiger partial charge is 0.0438 e. The molecule has 0 aromatic heterocycles. The lowest BCUT2D eigenvalue weighted by Crippen LogP contribution is -1.93. The Balaban J connectivity index is 3.23. The van der Waals surface area contributed by atoms with Crippen LogP contribution in [0.25, 0.3) is 0 Å². The highest BCUT2D eigenvalue weighted by Crippen LogP contribution is 2.25. The van der Waals surface area contributed by atoms with E-state index in [0.29, 0.717) is 5.92 Å². The van der Waals surface area contributed by atoms with Crippen molar-refractivity contribution in [2.75, 3.05) is 0 Å². The molecule has 0 amide bonds. The van der Waals surface area contributed by atoms with Crippen molar-refractivity contribution in [1.82, 2.24) is 0 Å². The van der Waals surface area contributed by atoms with Crippen molar-refractivity contribution in [3.63, 3.8) is 0 Å². The van der Waals surface area contributed by atoms with Crippen LogP contribution in [0.5, 0.6) is 0 Å². The number of halogens is 1. The van der Waals surface area contributed by atoms with Gasteiger partial charge in [-0.3, -0.25) is 0 Å². The quantitative estimate of drug-likeness (QED) is 0.614. The van der Waals surface area contributed by atoms with Crippen molar-refractivity contribution in [2.24, 2.45) is 0 Å². The van der Waals surface area contributed by atoms with E-state index in [1.807, 2.05) is 13.0 Å². The van der Waals surface area contributed by atoms with Crippen molar-refractivity contribution in [3.8, 4) is 0 Å². The van der Waals surface area contributed by atoms with Crippen LogP contribution in [0.4, 0.5) is 0 Å². The number of rotatable bonds is 1. The molecule has 0 saturated heterocycles. The first-order valence-corrected chi connectivity index (χ1v) is 4.67. The molecule has 66 valence electrons. The Labute approximate surface area is 79.6 Å². The summed E-state index contributed by atoms with van der Waals surface area (Å²) in [5, 5.41) is 0.872. The summed E-state index contributed by atoms with van der Waals surface area (Å²) in [4.78, 5) is 0. The lowest BCUT2D eigenvalue weighted by Gasteiger charge is -2.11. The zero-order valence-corrected chi connectivity index (χ0v) is 8.87. The summed E-state index contributed by atoms with van der Waals surface area (Å²) in [5.41, 5.74) is 3.86. The van der Waals surface area contributed by atoms with E-state index < -0.39 is 0 Å². The van der Waals surface area contributed by atoms with Crippen LogP contribution in [0.3, 0.4) is 0 Å². The largest absolute Gasteiger partial charge is 0.0840 e. The van der Waals surface area contributed by atoms with Gasteiger partial charge >= 0.3 is 0 Å². The van der Waals surface area contributed by atoms with Crippen LogP contribution in [0, 0.1) is 13.8 Å². The Bertz CT molecular complexity index is 287. The molecule has 12 heavy (non-hydrogen) atoms. The zero-order valence-electron chi connectivity index (χ0n) is 8.11. The maximum Gasteiger partial charge on any atom is 0.0438 e. The first-order chi connectivity index (χ1) is 5.52. The van der Waals surface area contributed by atoms with Gasteiger partial charge in [0.1, 0.15) is 0 Å². The maximum absolute atomic E-state index is 5.99. The Kier molecular flexibility index (Phi) is 2.79. The lowest BCUT2D eigenvalue weighted by molar-refractivity contribution is 0.855. The van der Waals surface area contributed by atoms with Crippen LogP contribution in [-0.2, 0) is 0 Å². The SMILES string of the molecule is Cc1cc(C(C)C)c(C)cc1Cl. The summed E-state index contributed by atoms with van der Waals surface area (Å²) in [6.45, 7) is 8.57. The minimum atomic E-state index is 0.584. The summed E-state index contributed by atoms with van der Waals surface area (Å²) < 4.78 is 0. The summed E-state index contributed by atoms with van der Waals surface area (Å²) in [5.74, 6) is 0.584. The predicted octanol–water partition coefficient (Wildman–Crippen LogP) is 4.08. The molecule has 0 bridgehead atoms. The molecule has 0 N–H and O–H groups in total. The molecule has 0 nitrogen and oxygen atoms in total. The Hall–Kier alpha value is -0.490. The molecule has 0 radical (unpaired) electrons. The fourth-order valence-corrected chi connectivity index (χ4v) is 1.64. The standard InChI is InChI=1S/C11H15Cl/c1-7(2)10-5-9(4)11(12)6-8(10)3/h5-7H,1-4H3. The van der Waals surface area contributed by atoms with E-state index >= 15 is 0 Å². The van der Waals surface area contributed by atoms with Gasteiger partial charge in [0.05, 0.1) is 0 Å². The Morgan fingerprint density at radius 1 is 1.08 bits per heavy atom. The van der Waals surface area contributed by atoms with Gasteiger partial charge in [-0.2, -0.15) is 0 Å². The van der Waals surface area contributed by atoms with E-state index in [0.717, 1.165) is 5.02 Å². The van der Waals surface area contributed by atoms with E-state index in [4.69, 9.17) is 11.6 Å². The van der Waals surface area contributed by atoms with E-state index in [2.05, 4.69) is 26.8 Å². The van der Waals surface area contributed by atoms with Crippen molar-refractivity contribution in [3.05, 3.63) is 33.8 Å². The normalized spacial score (nSPS) is 10.8. The summed E-state index contributed by atoms with van der Waals surface area (Å²) in [6.07, 6.45) is 0. The van der Waals surface area contributed by atoms with Crippen LogP contribution in [0.1, 0.15) is 36.5 Å². The topological polar surface area (TPSA) is 0 Å². The number of hydrogen-bond acceptors (Lipinski definition) is 0. The molecular formula is C11H15Cl. The van der Waals surface area contributed by atoms with Crippen molar-refractivity contribution >= 4 is 11.6 Å². The fourth-order valence-electron chi connectivity index (χ4n) is 1.43. The minimum Gasteiger partial charge on any atom is -0.0840 e. The first-order valence-electron chi connectivity index (χ1n) is 4.29. The van der Waals surface area contributed by atoms with Crippen LogP contribution in [0.2, 0.25) is 5.02 Å². The second-order valence-electron chi connectivity index (χ2n) is 3.61. The molecule has 0 spiro atoms. The van der Waals surface area contributed by atoms with Crippen LogP contribution in [-0.4, -0.2) is 0 Å². The van der Waals surface area contributed by atoms with Crippen LogP contribution >= 0.6 is 11.6 Å². The molecule has 1 rings (SSSR count). The van der Waals surface area contributed by atoms with E-state index in [-0.39, 0.29) is 0 Å². The summed E-state index contributed by atoms with van der Waals surface area (Å²) in [7, 11) is 0. The third-order valence-electron chi connectivity index (χ3n) is 2.17. The molecule has 0 heterocycles. The minimum absolute atomic E-state index is 0.584. The highest BCUT2D eigenvalue weighted by Gasteiger charge is 2.05. The van der Waals surface area contributed by atoms with Gasteiger partial charge in [0.25, 0.3) is 0 Å². The molecule has 1 aromatic rings. The third kappa shape index (κ3) is 1.81. The second-order valence-corrected chi connectivity index (χ2v) is 4.02. The van der Waals surface area contributed by atoms with Gasteiger partial charge in [0.2, 0.25) is 0 Å². The zero-order chi connectivity index (χ0) is 9.30. The van der Waals surface area contributed by atoms with Crippen molar-refractivity contribution in [1.29, 1.82) is 0 Å². The lowest BCUT2D eigenvalue weighted by atomic mass is 9.96. The van der Waals surface area contributed by atoms with Crippen molar-refractivity contribution < 1.29 is 0 Å². The highest BCUT2D eigenvalue weighted by atomic mass is 35.5. The van der Waals surface area contributed by atoms with Gasteiger partial charge in [-0.1, -0.05) is 31.5 Å². The maximum atomic E-state index is 5.99. The molecule has 0 fully saturated rings. The first kappa shape index (κ1) is 9.60. The molecule has 1 heteroatoms. The molecule has 0 aliphatic heterocycles. The average molecular weight is 183 g/mol. The fraction of sp³-hybridized carbons (Fsp3) is 0.455. The molecular weight excluding hydrogens is 168 g/mol. The summed E-state index contributed by atoms with van der Waals surface area (Å²) in [6, 6.07) is 4.23. The van der Waals surface area contributed by atoms with Crippen LogP contribution in [0.15, 0.2) is 12.1 Å². The second kappa shape index (κ2) is 3.49. The Morgan fingerprint density at radius 2 is 1.67 bits per heavy atom. The molecule has 0 unspecified atom stereocenters. The number of aryl methyl sites for hydroxylation is 2. The van der Waals surface area contributed by atoms with Gasteiger partial charge in [-0.05, 0) is 42.5 Å². The number of hydrogen-bond donors (Lipinski definition) is 0. The predicted molar refractivity (Wildman–Crippen MR) is 55.0 cm³/mol. The van der Waals surface area contributed by atoms with Gasteiger partial charge in [0.15, 0.2) is 0 Å². The molecule has 0 aliphatic carbocycles. The monoisotopic (exact) mass is 182 g/mol. The van der Waals surface area contributed by atoms with Gasteiger partial charge in [-0.15, -0.1) is 0 Å². The highest BCUT2D eigenvalue weighted by molar-refractivity contribution is 6.31. The molecule has 0 saturated carbocycles. The molecule has 0 atom stereocenters. The number of benzene rings is 1. The molecule has 0 aliphatic rings. The van der Waals surface area contributed by atoms with E-state index in [1.165, 1.54) is 16.7 Å². The van der Waals surface area contributed by atoms with Gasteiger partial charge in [0, 0.05) is 5.02 Å². The Morgan fingerprint density at radius 3 is 2.17 bits per heavy atom. The van der Waals surface area contributed by atoms with E-state index in [9.17, 15) is 0 Å². The van der Waals surface area contributed by atoms with E-state index in [1.54, 1.807) is 0 Å².